The number of benzene rings is 2. The fraction of sp³-hybridized carbons (Fsp3) is 0.538. The minimum absolute atomic E-state index is 0.109. The van der Waals surface area contributed by atoms with Crippen LogP contribution in [0.5, 0.6) is 11.5 Å². The van der Waals surface area contributed by atoms with E-state index in [9.17, 15) is 17.6 Å². The minimum Gasteiger partial charge on any atom is -0.433 e. The highest BCUT2D eigenvalue weighted by Crippen LogP contribution is 2.34. The molecule has 184 valence electrons. The second-order valence-corrected chi connectivity index (χ2v) is 9.19. The summed E-state index contributed by atoms with van der Waals surface area (Å²) in [6.07, 6.45) is -4.88. The van der Waals surface area contributed by atoms with Gasteiger partial charge in [-0.25, -0.2) is 0 Å². The van der Waals surface area contributed by atoms with Gasteiger partial charge in [-0.3, -0.25) is 0 Å². The lowest BCUT2D eigenvalue weighted by Gasteiger charge is -2.33. The second kappa shape index (κ2) is 10.3. The summed E-state index contributed by atoms with van der Waals surface area (Å²) in [5, 5.41) is 0. The molecule has 0 spiro atoms. The molecular weight excluding hydrogens is 436 g/mol. The Morgan fingerprint density at radius 2 is 0.879 bits per heavy atom. The van der Waals surface area contributed by atoms with Crippen LogP contribution in [0.25, 0.3) is 0 Å². The van der Waals surface area contributed by atoms with Crippen LogP contribution in [0, 0.1) is 0 Å². The molecule has 0 amide bonds. The molecular formula is C26H34F4O3. The minimum atomic E-state index is -3.23. The Bertz CT molecular complexity index is 799. The molecule has 0 saturated heterocycles. The van der Waals surface area contributed by atoms with Crippen molar-refractivity contribution in [2.75, 3.05) is 13.2 Å². The van der Waals surface area contributed by atoms with Crippen LogP contribution in [0.1, 0.15) is 65.5 Å². The van der Waals surface area contributed by atoms with E-state index in [2.05, 4.69) is 37.2 Å². The topological polar surface area (TPSA) is 27.7 Å². The third-order valence-corrected chi connectivity index (χ3v) is 6.10. The molecule has 0 radical (unpaired) electrons. The molecule has 0 aliphatic heterocycles. The summed E-state index contributed by atoms with van der Waals surface area (Å²) in [7, 11) is 0. The summed E-state index contributed by atoms with van der Waals surface area (Å²) in [4.78, 5) is 0. The Labute approximate surface area is 194 Å². The molecule has 3 nitrogen and oxygen atoms in total. The average Bonchev–Trinajstić information content (AvgIpc) is 2.72. The highest BCUT2D eigenvalue weighted by molar-refractivity contribution is 5.33. The maximum Gasteiger partial charge on any atom is 0.394 e. The van der Waals surface area contributed by atoms with Crippen LogP contribution >= 0.6 is 0 Å². The molecule has 7 heteroatoms. The first-order valence-electron chi connectivity index (χ1n) is 11.1. The van der Waals surface area contributed by atoms with E-state index in [0.29, 0.717) is 27.1 Å². The van der Waals surface area contributed by atoms with Crippen LogP contribution in [0.4, 0.5) is 17.6 Å². The van der Waals surface area contributed by atoms with Gasteiger partial charge in [0.15, 0.2) is 0 Å². The fourth-order valence-corrected chi connectivity index (χ4v) is 3.55. The monoisotopic (exact) mass is 470 g/mol. The van der Waals surface area contributed by atoms with Crippen molar-refractivity contribution in [2.45, 2.75) is 77.4 Å². The molecule has 2 aromatic carbocycles. The van der Waals surface area contributed by atoms with E-state index in [1.54, 1.807) is 48.5 Å². The maximum absolute atomic E-state index is 13.1. The van der Waals surface area contributed by atoms with Crippen molar-refractivity contribution < 1.29 is 31.8 Å². The summed E-state index contributed by atoms with van der Waals surface area (Å²) in [6.45, 7) is 10.5. The predicted molar refractivity (Wildman–Crippen MR) is 121 cm³/mol. The van der Waals surface area contributed by atoms with Gasteiger partial charge in [0.05, 0.1) is 13.2 Å². The van der Waals surface area contributed by atoms with Crippen molar-refractivity contribution in [3.8, 4) is 11.5 Å². The Kier molecular flexibility index (Phi) is 8.44. The molecule has 0 heterocycles. The highest BCUT2D eigenvalue weighted by atomic mass is 19.3. The lowest BCUT2D eigenvalue weighted by Crippen LogP contribution is -2.33. The summed E-state index contributed by atoms with van der Waals surface area (Å²) in [5.41, 5.74) is 1.31. The number of rotatable bonds is 12. The molecule has 0 N–H and O–H groups in total. The maximum atomic E-state index is 13.1. The van der Waals surface area contributed by atoms with Gasteiger partial charge in [-0.2, -0.15) is 17.6 Å². The third kappa shape index (κ3) is 7.91. The Balaban J connectivity index is 2.06. The van der Waals surface area contributed by atoms with Crippen LogP contribution < -0.4 is 9.47 Å². The van der Waals surface area contributed by atoms with E-state index in [1.807, 2.05) is 0 Å². The van der Waals surface area contributed by atoms with Crippen molar-refractivity contribution in [1.82, 2.24) is 0 Å². The SMILES string of the molecule is CCC(C)(COCC(C)(CC)c1ccc(OC(C)(F)F)cc1)c1ccc(OC(C)(F)F)cc1. The number of ether oxygens (including phenoxy) is 3. The molecule has 0 saturated carbocycles. The van der Waals surface area contributed by atoms with Crippen LogP contribution in [0.3, 0.4) is 0 Å². The van der Waals surface area contributed by atoms with E-state index in [1.165, 1.54) is 0 Å². The quantitative estimate of drug-likeness (QED) is 0.297. The van der Waals surface area contributed by atoms with E-state index in [4.69, 9.17) is 4.74 Å². The first-order chi connectivity index (χ1) is 15.2. The molecule has 2 atom stereocenters. The zero-order chi connectivity index (χ0) is 24.9. The molecule has 0 fully saturated rings. The van der Waals surface area contributed by atoms with Crippen LogP contribution in [-0.2, 0) is 15.6 Å². The van der Waals surface area contributed by atoms with Gasteiger partial charge in [0, 0.05) is 24.7 Å². The Morgan fingerprint density at radius 3 is 1.12 bits per heavy atom. The highest BCUT2D eigenvalue weighted by Gasteiger charge is 2.30. The molecule has 0 aromatic heterocycles. The van der Waals surface area contributed by atoms with E-state index in [-0.39, 0.29) is 22.3 Å². The van der Waals surface area contributed by atoms with E-state index >= 15 is 0 Å². The first kappa shape index (κ1) is 27.0. The normalized spacial score (nSPS) is 16.1. The third-order valence-electron chi connectivity index (χ3n) is 6.10. The number of halogens is 4. The van der Waals surface area contributed by atoms with E-state index < -0.39 is 12.2 Å². The van der Waals surface area contributed by atoms with Gasteiger partial charge in [-0.15, -0.1) is 0 Å². The van der Waals surface area contributed by atoms with Gasteiger partial charge in [0.1, 0.15) is 11.5 Å². The van der Waals surface area contributed by atoms with Crippen molar-refractivity contribution in [2.24, 2.45) is 0 Å². The molecule has 0 aliphatic carbocycles. The smallest absolute Gasteiger partial charge is 0.394 e. The molecule has 2 rings (SSSR count). The van der Waals surface area contributed by atoms with Gasteiger partial charge in [-0.05, 0) is 48.2 Å². The standard InChI is InChI=1S/C26H34F4O3/c1-7-23(3,19-9-13-21(14-10-19)32-25(5,27)28)17-31-18-24(4,8-2)20-11-15-22(16-12-20)33-26(6,29)30/h9-16H,7-8,17-18H2,1-6H3. The molecule has 33 heavy (non-hydrogen) atoms. The zero-order valence-corrected chi connectivity index (χ0v) is 20.2. The van der Waals surface area contributed by atoms with Crippen LogP contribution in [0.15, 0.2) is 48.5 Å². The first-order valence-corrected chi connectivity index (χ1v) is 11.1. The lowest BCUT2D eigenvalue weighted by atomic mass is 9.79. The van der Waals surface area contributed by atoms with Gasteiger partial charge in [0.2, 0.25) is 0 Å². The van der Waals surface area contributed by atoms with Crippen molar-refractivity contribution in [3.05, 3.63) is 59.7 Å². The van der Waals surface area contributed by atoms with Gasteiger partial charge < -0.3 is 14.2 Å². The molecule has 0 bridgehead atoms. The van der Waals surface area contributed by atoms with E-state index in [0.717, 1.165) is 24.0 Å². The number of hydrogen-bond donors (Lipinski definition) is 0. The molecule has 2 aromatic rings. The number of alkyl halides is 4. The number of hydrogen-bond acceptors (Lipinski definition) is 3. The van der Waals surface area contributed by atoms with Crippen LogP contribution in [0.2, 0.25) is 0 Å². The lowest BCUT2D eigenvalue weighted by molar-refractivity contribution is -0.159. The van der Waals surface area contributed by atoms with Gasteiger partial charge in [-0.1, -0.05) is 52.0 Å². The zero-order valence-electron chi connectivity index (χ0n) is 20.2. The largest absolute Gasteiger partial charge is 0.433 e. The summed E-state index contributed by atoms with van der Waals surface area (Å²) in [6, 6.07) is 13.3. The fourth-order valence-electron chi connectivity index (χ4n) is 3.55. The molecule has 0 aliphatic rings. The summed E-state index contributed by atoms with van der Waals surface area (Å²) >= 11 is 0. The summed E-state index contributed by atoms with van der Waals surface area (Å²) < 4.78 is 67.7. The second-order valence-electron chi connectivity index (χ2n) is 9.19. The van der Waals surface area contributed by atoms with Crippen molar-refractivity contribution in [1.29, 1.82) is 0 Å². The predicted octanol–water partition coefficient (Wildman–Crippen LogP) is 7.72. The van der Waals surface area contributed by atoms with Gasteiger partial charge in [0.25, 0.3) is 0 Å². The Hall–Kier alpha value is -2.28. The summed E-state index contributed by atoms with van der Waals surface area (Å²) in [5.74, 6) is 0.217. The Morgan fingerprint density at radius 1 is 0.576 bits per heavy atom. The average molecular weight is 471 g/mol. The van der Waals surface area contributed by atoms with Crippen LogP contribution in [-0.4, -0.2) is 25.4 Å². The van der Waals surface area contributed by atoms with Crippen molar-refractivity contribution >= 4 is 0 Å². The van der Waals surface area contributed by atoms with Gasteiger partial charge >= 0.3 is 12.2 Å². The molecule has 2 unspecified atom stereocenters. The van der Waals surface area contributed by atoms with Crippen molar-refractivity contribution in [3.63, 3.8) is 0 Å².